The molecule has 0 aromatic heterocycles. The second-order valence-corrected chi connectivity index (χ2v) is 14.4. The van der Waals surface area contributed by atoms with E-state index in [0.717, 1.165) is 50.7 Å². The average Bonchev–Trinajstić information content (AvgIpc) is 2.96. The first kappa shape index (κ1) is 43.1. The summed E-state index contributed by atoms with van der Waals surface area (Å²) in [6.07, 6.45) is 24.5. The van der Waals surface area contributed by atoms with Crippen molar-refractivity contribution in [2.75, 3.05) is 19.0 Å². The van der Waals surface area contributed by atoms with Crippen LogP contribution in [0.25, 0.3) is 0 Å². The maximum absolute atomic E-state index is 12.3. The molecule has 0 aromatic rings. The zero-order valence-corrected chi connectivity index (χ0v) is 29.5. The molecule has 0 aliphatic carbocycles. The molecule has 44 heavy (non-hydrogen) atoms. The van der Waals surface area contributed by atoms with E-state index in [9.17, 15) is 18.9 Å². The van der Waals surface area contributed by atoms with E-state index in [1.54, 1.807) is 6.92 Å². The SMILES string of the molecule is CCCCCCCCCCCCC(=O)O[C@H](COC(=O)CCCCCCCCCCCCCCSC(C)=O)COP(=O)(O)O. The van der Waals surface area contributed by atoms with Crippen LogP contribution >= 0.6 is 19.6 Å². The Bertz CT molecular complexity index is 760. The van der Waals surface area contributed by atoms with Crippen molar-refractivity contribution in [1.29, 1.82) is 0 Å². The van der Waals surface area contributed by atoms with Crippen LogP contribution in [0.3, 0.4) is 0 Å². The van der Waals surface area contributed by atoms with Crippen LogP contribution in [0.5, 0.6) is 0 Å². The smallest absolute Gasteiger partial charge is 0.462 e. The quantitative estimate of drug-likeness (QED) is 0.0406. The van der Waals surface area contributed by atoms with Crippen LogP contribution in [0.4, 0.5) is 0 Å². The number of phosphoric acid groups is 1. The lowest BCUT2D eigenvalue weighted by Crippen LogP contribution is -2.29. The fraction of sp³-hybridized carbons (Fsp3) is 0.909. The van der Waals surface area contributed by atoms with Gasteiger partial charge in [0, 0.05) is 25.5 Å². The number of thioether (sulfide) groups is 1. The van der Waals surface area contributed by atoms with Crippen LogP contribution in [0, 0.1) is 0 Å². The minimum atomic E-state index is -4.75. The van der Waals surface area contributed by atoms with Crippen LogP contribution in [0.2, 0.25) is 0 Å². The fourth-order valence-corrected chi connectivity index (χ4v) is 5.91. The van der Waals surface area contributed by atoms with E-state index in [1.807, 2.05) is 0 Å². The van der Waals surface area contributed by atoms with Crippen LogP contribution in [-0.4, -0.2) is 51.9 Å². The van der Waals surface area contributed by atoms with Gasteiger partial charge >= 0.3 is 19.8 Å². The highest BCUT2D eigenvalue weighted by molar-refractivity contribution is 8.13. The highest BCUT2D eigenvalue weighted by atomic mass is 32.2. The molecule has 1 atom stereocenters. The molecule has 11 heteroatoms. The lowest BCUT2D eigenvalue weighted by atomic mass is 10.0. The molecule has 0 fully saturated rings. The molecule has 0 amide bonds. The predicted octanol–water partition coefficient (Wildman–Crippen LogP) is 9.21. The Hall–Kier alpha value is -0.930. The summed E-state index contributed by atoms with van der Waals surface area (Å²) in [5.74, 6) is 0.0358. The third-order valence-corrected chi connectivity index (χ3v) is 8.86. The maximum atomic E-state index is 12.3. The molecular weight excluding hydrogens is 603 g/mol. The first-order valence-electron chi connectivity index (χ1n) is 17.3. The molecule has 0 aromatic carbocycles. The van der Waals surface area contributed by atoms with E-state index in [0.29, 0.717) is 12.8 Å². The van der Waals surface area contributed by atoms with Gasteiger partial charge in [-0.3, -0.25) is 18.9 Å². The van der Waals surface area contributed by atoms with Crippen LogP contribution in [-0.2, 0) is 32.9 Å². The third-order valence-electron chi connectivity index (χ3n) is 7.47. The van der Waals surface area contributed by atoms with Gasteiger partial charge in [0.25, 0.3) is 0 Å². The van der Waals surface area contributed by atoms with Gasteiger partial charge in [-0.05, 0) is 19.3 Å². The number of rotatable bonds is 32. The largest absolute Gasteiger partial charge is 0.469 e. The van der Waals surface area contributed by atoms with Crippen molar-refractivity contribution in [3.8, 4) is 0 Å². The zero-order chi connectivity index (χ0) is 32.7. The Balaban J connectivity index is 3.91. The van der Waals surface area contributed by atoms with Gasteiger partial charge in [-0.1, -0.05) is 141 Å². The first-order chi connectivity index (χ1) is 21.1. The van der Waals surface area contributed by atoms with Crippen molar-refractivity contribution in [1.82, 2.24) is 0 Å². The molecule has 260 valence electrons. The summed E-state index contributed by atoms with van der Waals surface area (Å²) in [5.41, 5.74) is 0. The molecule has 0 rings (SSSR count). The Morgan fingerprint density at radius 1 is 0.614 bits per heavy atom. The highest BCUT2D eigenvalue weighted by Crippen LogP contribution is 2.36. The van der Waals surface area contributed by atoms with Crippen molar-refractivity contribution in [2.24, 2.45) is 0 Å². The van der Waals surface area contributed by atoms with Crippen LogP contribution in [0.1, 0.15) is 168 Å². The summed E-state index contributed by atoms with van der Waals surface area (Å²) in [5, 5.41) is 0.205. The van der Waals surface area contributed by atoms with Gasteiger partial charge in [-0.25, -0.2) is 4.57 Å². The predicted molar refractivity (Wildman–Crippen MR) is 178 cm³/mol. The molecule has 0 bridgehead atoms. The molecule has 0 aliphatic rings. The Morgan fingerprint density at radius 3 is 1.45 bits per heavy atom. The number of ether oxygens (including phenoxy) is 2. The number of phosphoric ester groups is 1. The van der Waals surface area contributed by atoms with E-state index >= 15 is 0 Å². The van der Waals surface area contributed by atoms with Crippen molar-refractivity contribution in [3.63, 3.8) is 0 Å². The highest BCUT2D eigenvalue weighted by Gasteiger charge is 2.22. The molecule has 0 spiro atoms. The van der Waals surface area contributed by atoms with E-state index in [2.05, 4.69) is 11.4 Å². The van der Waals surface area contributed by atoms with Gasteiger partial charge < -0.3 is 19.3 Å². The minimum Gasteiger partial charge on any atom is -0.462 e. The van der Waals surface area contributed by atoms with Gasteiger partial charge in [0.1, 0.15) is 6.61 Å². The van der Waals surface area contributed by atoms with Gasteiger partial charge in [0.2, 0.25) is 0 Å². The Labute approximate surface area is 272 Å². The summed E-state index contributed by atoms with van der Waals surface area (Å²) in [6, 6.07) is 0. The third kappa shape index (κ3) is 34.0. The summed E-state index contributed by atoms with van der Waals surface area (Å²) in [7, 11) is -4.75. The molecular formula is C33H63O9PS. The van der Waals surface area contributed by atoms with E-state index in [4.69, 9.17) is 19.3 Å². The number of carbonyl (C=O) groups excluding carboxylic acids is 3. The van der Waals surface area contributed by atoms with Crippen LogP contribution in [0.15, 0.2) is 0 Å². The van der Waals surface area contributed by atoms with Gasteiger partial charge in [0.15, 0.2) is 11.2 Å². The topological polar surface area (TPSA) is 136 Å². The lowest BCUT2D eigenvalue weighted by Gasteiger charge is -2.18. The molecule has 0 saturated carbocycles. The normalized spacial score (nSPS) is 12.3. The number of hydrogen-bond donors (Lipinski definition) is 2. The second kappa shape index (κ2) is 30.7. The average molecular weight is 667 g/mol. The number of carbonyl (C=O) groups is 3. The fourth-order valence-electron chi connectivity index (χ4n) is 4.91. The maximum Gasteiger partial charge on any atom is 0.469 e. The van der Waals surface area contributed by atoms with Gasteiger partial charge in [-0.2, -0.15) is 0 Å². The molecule has 0 radical (unpaired) electrons. The van der Waals surface area contributed by atoms with E-state index in [1.165, 1.54) is 95.2 Å². The zero-order valence-electron chi connectivity index (χ0n) is 27.8. The molecule has 0 saturated heterocycles. The van der Waals surface area contributed by atoms with E-state index < -0.39 is 32.5 Å². The van der Waals surface area contributed by atoms with Crippen molar-refractivity contribution >= 4 is 36.6 Å². The number of hydrogen-bond acceptors (Lipinski definition) is 8. The minimum absolute atomic E-state index is 0.205. The number of unbranched alkanes of at least 4 members (excludes halogenated alkanes) is 20. The number of esters is 2. The standard InChI is InChI=1S/C33H63O9PS/c1-3-4-5-6-7-8-13-17-20-23-26-33(36)42-31(29-41-43(37,38)39)28-40-32(35)25-22-19-16-14-11-9-10-12-15-18-21-24-27-44-30(2)34/h31H,3-29H2,1-2H3,(H2,37,38,39)/t31-/m1/s1. The summed E-state index contributed by atoms with van der Waals surface area (Å²) >= 11 is 1.42. The Kier molecular flexibility index (Phi) is 30.1. The molecule has 0 unspecified atom stereocenters. The molecule has 9 nitrogen and oxygen atoms in total. The van der Waals surface area contributed by atoms with E-state index in [-0.39, 0.29) is 24.6 Å². The Morgan fingerprint density at radius 2 is 1.02 bits per heavy atom. The molecule has 0 aliphatic heterocycles. The summed E-state index contributed by atoms with van der Waals surface area (Å²) in [6.45, 7) is 3.00. The first-order valence-corrected chi connectivity index (χ1v) is 19.8. The molecule has 0 heterocycles. The summed E-state index contributed by atoms with van der Waals surface area (Å²) in [4.78, 5) is 53.4. The van der Waals surface area contributed by atoms with Gasteiger partial charge in [0.05, 0.1) is 6.61 Å². The van der Waals surface area contributed by atoms with Crippen molar-refractivity contribution < 1.29 is 42.7 Å². The second-order valence-electron chi connectivity index (χ2n) is 11.8. The van der Waals surface area contributed by atoms with Crippen molar-refractivity contribution in [3.05, 3.63) is 0 Å². The van der Waals surface area contributed by atoms with Crippen LogP contribution < -0.4 is 0 Å². The monoisotopic (exact) mass is 666 g/mol. The van der Waals surface area contributed by atoms with Gasteiger partial charge in [-0.15, -0.1) is 0 Å². The summed E-state index contributed by atoms with van der Waals surface area (Å²) < 4.78 is 26.2. The molecule has 2 N–H and O–H groups in total. The lowest BCUT2D eigenvalue weighted by molar-refractivity contribution is -0.161. The van der Waals surface area contributed by atoms with Crippen molar-refractivity contribution in [2.45, 2.75) is 174 Å².